The number of nitrogens with one attached hydrogen (secondary N) is 1. The second-order valence-electron chi connectivity index (χ2n) is 7.10. The molecule has 1 atom stereocenters. The predicted octanol–water partition coefficient (Wildman–Crippen LogP) is 2.28. The summed E-state index contributed by atoms with van der Waals surface area (Å²) < 4.78 is 23.5. The maximum absolute atomic E-state index is 12.7. The lowest BCUT2D eigenvalue weighted by atomic mass is 10.1. The number of aromatic nitrogens is 2. The van der Waals surface area contributed by atoms with Crippen molar-refractivity contribution >= 4 is 27.2 Å². The van der Waals surface area contributed by atoms with Crippen molar-refractivity contribution in [2.45, 2.75) is 33.2 Å². The highest BCUT2D eigenvalue weighted by Gasteiger charge is 2.31. The maximum atomic E-state index is 12.7. The third kappa shape index (κ3) is 4.44. The molecule has 1 aliphatic heterocycles. The average molecular weight is 388 g/mol. The Kier molecular flexibility index (Phi) is 5.19. The summed E-state index contributed by atoms with van der Waals surface area (Å²) in [4.78, 5) is 23.1. The van der Waals surface area contributed by atoms with Crippen LogP contribution in [0.1, 0.15) is 33.9 Å². The average Bonchev–Trinajstić information content (AvgIpc) is 2.96. The molecule has 7 nitrogen and oxygen atoms in total. The smallest absolute Gasteiger partial charge is 0.274 e. The number of amides is 1. The number of nitrogens with zero attached hydrogens (tertiary/aromatic N) is 3. The van der Waals surface area contributed by atoms with Gasteiger partial charge in [0, 0.05) is 24.8 Å². The van der Waals surface area contributed by atoms with E-state index in [9.17, 15) is 13.2 Å². The molecule has 0 spiro atoms. The number of aryl methyl sites for hydroxylation is 3. The van der Waals surface area contributed by atoms with Crippen molar-refractivity contribution in [3.63, 3.8) is 0 Å². The van der Waals surface area contributed by atoms with Gasteiger partial charge in [-0.1, -0.05) is 17.7 Å². The Labute approximate surface area is 159 Å². The second kappa shape index (κ2) is 7.26. The number of rotatable bonds is 4. The van der Waals surface area contributed by atoms with E-state index in [2.05, 4.69) is 15.3 Å². The molecule has 0 bridgehead atoms. The highest BCUT2D eigenvalue weighted by Crippen LogP contribution is 2.23. The summed E-state index contributed by atoms with van der Waals surface area (Å²) in [5.74, 6) is 0.991. The van der Waals surface area contributed by atoms with E-state index in [-0.39, 0.29) is 29.1 Å². The number of hydrogen-bond donors (Lipinski definition) is 1. The van der Waals surface area contributed by atoms with E-state index in [0.29, 0.717) is 18.1 Å². The molecule has 144 valence electrons. The highest BCUT2D eigenvalue weighted by atomic mass is 32.2. The van der Waals surface area contributed by atoms with Crippen LogP contribution in [-0.4, -0.2) is 48.9 Å². The minimum atomic E-state index is -3.00. The number of anilines is 2. The molecule has 1 aromatic heterocycles. The minimum absolute atomic E-state index is 0.108. The molecular formula is C19H24N4O3S. The summed E-state index contributed by atoms with van der Waals surface area (Å²) in [5.41, 5.74) is 3.09. The Hall–Kier alpha value is -2.48. The molecule has 1 aromatic carbocycles. The van der Waals surface area contributed by atoms with Crippen molar-refractivity contribution in [2.24, 2.45) is 0 Å². The Morgan fingerprint density at radius 1 is 1.19 bits per heavy atom. The number of benzene rings is 1. The lowest BCUT2D eigenvalue weighted by Crippen LogP contribution is -2.33. The van der Waals surface area contributed by atoms with Gasteiger partial charge in [0.2, 0.25) is 0 Å². The standard InChI is InChI=1S/C19H24N4O3S/c1-12-5-6-16(13(2)9-12)22-19(24)17-10-18(21-14(3)20-17)23(4)15-7-8-27(25,26)11-15/h5-6,9-10,15H,7-8,11H2,1-4H3,(H,22,24). The zero-order valence-electron chi connectivity index (χ0n) is 16.0. The molecule has 0 aliphatic carbocycles. The predicted molar refractivity (Wildman–Crippen MR) is 106 cm³/mol. The van der Waals surface area contributed by atoms with Crippen LogP contribution in [0.15, 0.2) is 24.3 Å². The summed E-state index contributed by atoms with van der Waals surface area (Å²) in [6.45, 7) is 5.65. The van der Waals surface area contributed by atoms with Crippen LogP contribution in [0.5, 0.6) is 0 Å². The molecule has 1 amide bonds. The van der Waals surface area contributed by atoms with Gasteiger partial charge in [-0.05, 0) is 38.8 Å². The number of carbonyl (C=O) groups excluding carboxylic acids is 1. The summed E-state index contributed by atoms with van der Waals surface area (Å²) in [7, 11) is -1.19. The van der Waals surface area contributed by atoms with E-state index >= 15 is 0 Å². The van der Waals surface area contributed by atoms with Crippen LogP contribution in [0, 0.1) is 20.8 Å². The molecule has 1 saturated heterocycles. The molecule has 1 fully saturated rings. The molecular weight excluding hydrogens is 364 g/mol. The topological polar surface area (TPSA) is 92.3 Å². The minimum Gasteiger partial charge on any atom is -0.356 e. The van der Waals surface area contributed by atoms with Crippen LogP contribution >= 0.6 is 0 Å². The number of carbonyl (C=O) groups is 1. The van der Waals surface area contributed by atoms with Crippen LogP contribution < -0.4 is 10.2 Å². The summed E-state index contributed by atoms with van der Waals surface area (Å²) in [6, 6.07) is 7.28. The molecule has 3 rings (SSSR count). The van der Waals surface area contributed by atoms with Crippen molar-refractivity contribution in [3.8, 4) is 0 Å². The SMILES string of the molecule is Cc1ccc(NC(=O)c2cc(N(C)C3CCS(=O)(=O)C3)nc(C)n2)c(C)c1. The number of hydrogen-bond acceptors (Lipinski definition) is 6. The normalized spacial score (nSPS) is 18.3. The lowest BCUT2D eigenvalue weighted by molar-refractivity contribution is 0.102. The van der Waals surface area contributed by atoms with Gasteiger partial charge >= 0.3 is 0 Å². The summed E-state index contributed by atoms with van der Waals surface area (Å²) >= 11 is 0. The van der Waals surface area contributed by atoms with Crippen molar-refractivity contribution in [1.82, 2.24) is 9.97 Å². The highest BCUT2D eigenvalue weighted by molar-refractivity contribution is 7.91. The molecule has 2 heterocycles. The number of sulfone groups is 1. The largest absolute Gasteiger partial charge is 0.356 e. The Morgan fingerprint density at radius 2 is 1.93 bits per heavy atom. The molecule has 27 heavy (non-hydrogen) atoms. The first-order valence-electron chi connectivity index (χ1n) is 8.82. The van der Waals surface area contributed by atoms with Crippen molar-refractivity contribution in [1.29, 1.82) is 0 Å². The molecule has 1 aliphatic rings. The molecule has 0 radical (unpaired) electrons. The first kappa shape index (κ1) is 19.3. The Balaban J connectivity index is 1.83. The van der Waals surface area contributed by atoms with Crippen LogP contribution in [-0.2, 0) is 9.84 Å². The zero-order chi connectivity index (χ0) is 19.8. The maximum Gasteiger partial charge on any atom is 0.274 e. The third-order valence-electron chi connectivity index (χ3n) is 4.80. The van der Waals surface area contributed by atoms with Crippen LogP contribution in [0.25, 0.3) is 0 Å². The van der Waals surface area contributed by atoms with Gasteiger partial charge in [0.25, 0.3) is 5.91 Å². The van der Waals surface area contributed by atoms with E-state index in [1.807, 2.05) is 36.9 Å². The lowest BCUT2D eigenvalue weighted by Gasteiger charge is -2.25. The van der Waals surface area contributed by atoms with E-state index in [1.54, 1.807) is 20.0 Å². The van der Waals surface area contributed by atoms with E-state index < -0.39 is 9.84 Å². The summed E-state index contributed by atoms with van der Waals surface area (Å²) in [6.07, 6.45) is 0.561. The summed E-state index contributed by atoms with van der Waals surface area (Å²) in [5, 5.41) is 2.89. The van der Waals surface area contributed by atoms with Crippen LogP contribution in [0.2, 0.25) is 0 Å². The Morgan fingerprint density at radius 3 is 2.56 bits per heavy atom. The van der Waals surface area contributed by atoms with Gasteiger partial charge in [0.05, 0.1) is 11.5 Å². The zero-order valence-corrected chi connectivity index (χ0v) is 16.8. The molecule has 2 aromatic rings. The van der Waals surface area contributed by atoms with E-state index in [1.165, 1.54) is 0 Å². The quantitative estimate of drug-likeness (QED) is 0.864. The fourth-order valence-electron chi connectivity index (χ4n) is 3.26. The van der Waals surface area contributed by atoms with Crippen LogP contribution in [0.3, 0.4) is 0 Å². The molecule has 0 saturated carbocycles. The van der Waals surface area contributed by atoms with Crippen molar-refractivity contribution < 1.29 is 13.2 Å². The molecule has 1 unspecified atom stereocenters. The van der Waals surface area contributed by atoms with Gasteiger partial charge in [-0.15, -0.1) is 0 Å². The van der Waals surface area contributed by atoms with Gasteiger partial charge in [0.1, 0.15) is 17.3 Å². The third-order valence-corrected chi connectivity index (χ3v) is 6.56. The van der Waals surface area contributed by atoms with Gasteiger partial charge in [-0.25, -0.2) is 18.4 Å². The molecule has 8 heteroatoms. The first-order chi connectivity index (χ1) is 12.6. The fourth-order valence-corrected chi connectivity index (χ4v) is 5.03. The van der Waals surface area contributed by atoms with Gasteiger partial charge in [-0.2, -0.15) is 0 Å². The fraction of sp³-hybridized carbons (Fsp3) is 0.421. The van der Waals surface area contributed by atoms with Gasteiger partial charge in [0.15, 0.2) is 9.84 Å². The van der Waals surface area contributed by atoms with Crippen molar-refractivity contribution in [2.75, 3.05) is 28.8 Å². The van der Waals surface area contributed by atoms with Gasteiger partial charge in [-0.3, -0.25) is 4.79 Å². The monoisotopic (exact) mass is 388 g/mol. The van der Waals surface area contributed by atoms with Crippen molar-refractivity contribution in [3.05, 3.63) is 46.9 Å². The molecule has 1 N–H and O–H groups in total. The second-order valence-corrected chi connectivity index (χ2v) is 9.33. The van der Waals surface area contributed by atoms with Crippen LogP contribution in [0.4, 0.5) is 11.5 Å². The first-order valence-corrected chi connectivity index (χ1v) is 10.6. The van der Waals surface area contributed by atoms with E-state index in [4.69, 9.17) is 0 Å². The van der Waals surface area contributed by atoms with E-state index in [0.717, 1.165) is 16.8 Å². The Bertz CT molecular complexity index is 988. The van der Waals surface area contributed by atoms with Gasteiger partial charge < -0.3 is 10.2 Å².